The highest BCUT2D eigenvalue weighted by Gasteiger charge is 2.39. The second kappa shape index (κ2) is 12.9. The summed E-state index contributed by atoms with van der Waals surface area (Å²) in [4.78, 5) is 69.3. The van der Waals surface area contributed by atoms with Gasteiger partial charge in [-0.15, -0.1) is 0 Å². The van der Waals surface area contributed by atoms with Crippen molar-refractivity contribution in [3.8, 4) is 5.75 Å². The van der Waals surface area contributed by atoms with E-state index < -0.39 is 69.0 Å². The van der Waals surface area contributed by atoms with Crippen LogP contribution < -0.4 is 37.6 Å². The number of likely N-dealkylation sites (tertiary alicyclic amines) is 1. The molecule has 1 aliphatic heterocycles. The first-order valence-electron chi connectivity index (χ1n) is 9.54. The van der Waals surface area contributed by atoms with E-state index in [1.807, 2.05) is 16.3 Å². The number of hydrazine groups is 2. The number of β-lactam (4-membered cyclic amide) rings is 1. The van der Waals surface area contributed by atoms with E-state index in [0.717, 1.165) is 24.5 Å². The maximum atomic E-state index is 11.8. The van der Waals surface area contributed by atoms with E-state index in [0.29, 0.717) is 4.90 Å². The number of urea groups is 2. The van der Waals surface area contributed by atoms with Gasteiger partial charge in [-0.2, -0.15) is 13.2 Å². The first-order valence-corrected chi connectivity index (χ1v) is 11.2. The second-order valence-electron chi connectivity index (χ2n) is 6.72. The minimum Gasteiger partial charge on any atom is -0.503 e. The molecule has 6 amide bonds. The molecule has 1 fully saturated rings. The highest BCUT2D eigenvalue weighted by Crippen LogP contribution is 2.13. The van der Waals surface area contributed by atoms with E-state index in [2.05, 4.69) is 10.4 Å². The lowest BCUT2D eigenvalue weighted by Crippen LogP contribution is -2.65. The Morgan fingerprint density at radius 1 is 1.18 bits per heavy atom. The van der Waals surface area contributed by atoms with E-state index in [4.69, 9.17) is 20.7 Å². The Morgan fingerprint density at radius 3 is 2.29 bits per heavy atom. The number of aromatic hydroxyl groups is 1. The average Bonchev–Trinajstić information content (AvgIpc) is 2.81. The molecular formula is C16H19F3N8O10S. The standard InChI is InChI=1S/C14H18N8O8S.C2HF3O2/c15-7-6-22(12(7)26)14(28)21-31(29,30)3-1-2-17-19-13(27)20-18-11(25)8-4-9(23)10(24)5-16-8;3-2(4,5)1(6)7/h1-2,4-5,7,17,24H,3,6,15H2,(H,16,23)(H,18,25)(H,21,28)(H2,19,20,27);(H,6,7)/t7-;/m0./s1. The number of H-pyrrole nitrogens is 1. The molecule has 2 heterocycles. The first kappa shape index (κ1) is 31.2. The average molecular weight is 572 g/mol. The normalized spacial score (nSPS) is 14.9. The number of pyridine rings is 1. The minimum atomic E-state index is -5.08. The molecule has 210 valence electrons. The highest BCUT2D eigenvalue weighted by atomic mass is 32.2. The molecule has 0 radical (unpaired) electrons. The zero-order valence-electron chi connectivity index (χ0n) is 18.5. The number of imide groups is 1. The topological polar surface area (TPSA) is 282 Å². The van der Waals surface area contributed by atoms with Crippen LogP contribution in [-0.2, 0) is 19.6 Å². The smallest absolute Gasteiger partial charge is 0.490 e. The van der Waals surface area contributed by atoms with E-state index >= 15 is 0 Å². The molecule has 22 heteroatoms. The van der Waals surface area contributed by atoms with Gasteiger partial charge in [0.05, 0.1) is 12.3 Å². The summed E-state index contributed by atoms with van der Waals surface area (Å²) in [6.45, 7) is -0.0873. The molecule has 1 aliphatic rings. The number of carbonyl (C=O) groups excluding carboxylic acids is 4. The number of alkyl halides is 3. The molecule has 10 N–H and O–H groups in total. The molecule has 1 aromatic heterocycles. The fraction of sp³-hybridized carbons (Fsp3) is 0.250. The van der Waals surface area contributed by atoms with Gasteiger partial charge in [0, 0.05) is 18.5 Å². The van der Waals surface area contributed by atoms with Crippen molar-refractivity contribution in [3.63, 3.8) is 0 Å². The molecular weight excluding hydrogens is 553 g/mol. The maximum absolute atomic E-state index is 11.8. The van der Waals surface area contributed by atoms with Crippen LogP contribution in [0, 0.1) is 0 Å². The van der Waals surface area contributed by atoms with Crippen molar-refractivity contribution < 1.29 is 55.8 Å². The van der Waals surface area contributed by atoms with E-state index in [1.165, 1.54) is 0 Å². The molecule has 0 aliphatic carbocycles. The quantitative estimate of drug-likeness (QED) is 0.121. The van der Waals surface area contributed by atoms with Crippen LogP contribution in [0.25, 0.3) is 0 Å². The number of halogens is 3. The van der Waals surface area contributed by atoms with Gasteiger partial charge < -0.3 is 26.4 Å². The largest absolute Gasteiger partial charge is 0.503 e. The van der Waals surface area contributed by atoms with Crippen molar-refractivity contribution in [2.45, 2.75) is 12.2 Å². The number of hydrogen-bond acceptors (Lipinski definition) is 11. The van der Waals surface area contributed by atoms with Crippen LogP contribution in [0.4, 0.5) is 22.8 Å². The highest BCUT2D eigenvalue weighted by molar-refractivity contribution is 7.90. The van der Waals surface area contributed by atoms with Crippen molar-refractivity contribution in [2.24, 2.45) is 5.73 Å². The number of nitrogens with one attached hydrogen (secondary N) is 6. The lowest BCUT2D eigenvalue weighted by atomic mass is 10.1. The van der Waals surface area contributed by atoms with Gasteiger partial charge in [-0.05, 0) is 0 Å². The summed E-state index contributed by atoms with van der Waals surface area (Å²) < 4.78 is 56.9. The summed E-state index contributed by atoms with van der Waals surface area (Å²) in [7, 11) is -4.10. The SMILES string of the molecule is N[C@H]1CN(C(=O)NS(=O)(=O)CC=CNNC(=O)NNC(=O)c2cc(=O)c(O)c[nH]2)C1=O.O=C(O)C(F)(F)F. The number of amides is 6. The zero-order chi connectivity index (χ0) is 29.3. The molecule has 2 rings (SSSR count). The van der Waals surface area contributed by atoms with Crippen molar-refractivity contribution in [1.29, 1.82) is 0 Å². The van der Waals surface area contributed by atoms with Crippen molar-refractivity contribution in [3.05, 3.63) is 40.5 Å². The Labute approximate surface area is 209 Å². The summed E-state index contributed by atoms with van der Waals surface area (Å²) in [6.07, 6.45) is -2.12. The molecule has 0 unspecified atom stereocenters. The van der Waals surface area contributed by atoms with E-state index in [9.17, 15) is 45.6 Å². The lowest BCUT2D eigenvalue weighted by Gasteiger charge is -2.33. The maximum Gasteiger partial charge on any atom is 0.490 e. The van der Waals surface area contributed by atoms with Crippen LogP contribution in [0.3, 0.4) is 0 Å². The number of carboxylic acids is 1. The summed E-state index contributed by atoms with van der Waals surface area (Å²) in [6, 6.07) is -2.08. The number of carboxylic acid groups (broad SMARTS) is 1. The molecule has 1 aromatic rings. The number of carbonyl (C=O) groups is 5. The number of nitrogens with zero attached hydrogens (tertiary/aromatic N) is 1. The van der Waals surface area contributed by atoms with Gasteiger partial charge in [-0.1, -0.05) is 6.08 Å². The summed E-state index contributed by atoms with van der Waals surface area (Å²) in [5, 5.41) is 16.2. The Bertz CT molecular complexity index is 1280. The molecule has 1 saturated heterocycles. The Kier molecular flexibility index (Phi) is 10.6. The van der Waals surface area contributed by atoms with Gasteiger partial charge in [-0.3, -0.25) is 30.1 Å². The van der Waals surface area contributed by atoms with Crippen molar-refractivity contribution in [1.82, 2.24) is 36.3 Å². The molecule has 1 atom stereocenters. The zero-order valence-corrected chi connectivity index (χ0v) is 19.3. The van der Waals surface area contributed by atoms with Crippen LogP contribution in [0.1, 0.15) is 10.5 Å². The van der Waals surface area contributed by atoms with Crippen LogP contribution in [0.15, 0.2) is 29.3 Å². The fourth-order valence-corrected chi connectivity index (χ4v) is 2.82. The van der Waals surface area contributed by atoms with Gasteiger partial charge in [0.25, 0.3) is 5.91 Å². The first-order chi connectivity index (χ1) is 17.4. The summed E-state index contributed by atoms with van der Waals surface area (Å²) in [5.41, 5.74) is 12.4. The summed E-state index contributed by atoms with van der Waals surface area (Å²) in [5.74, 6) is -5.57. The minimum absolute atomic E-state index is 0.0873. The number of aromatic amines is 1. The number of aliphatic carboxylic acids is 1. The molecule has 0 spiro atoms. The second-order valence-corrected chi connectivity index (χ2v) is 8.49. The predicted octanol–water partition coefficient (Wildman–Crippen LogP) is -3.11. The van der Waals surface area contributed by atoms with Crippen LogP contribution >= 0.6 is 0 Å². The Hall–Kier alpha value is -4.86. The van der Waals surface area contributed by atoms with E-state index in [-0.39, 0.29) is 12.2 Å². The van der Waals surface area contributed by atoms with Crippen molar-refractivity contribution in [2.75, 3.05) is 12.3 Å². The van der Waals surface area contributed by atoms with Gasteiger partial charge >= 0.3 is 24.2 Å². The van der Waals surface area contributed by atoms with Crippen molar-refractivity contribution >= 4 is 39.9 Å². The number of rotatable bonds is 6. The number of aromatic nitrogens is 1. The van der Waals surface area contributed by atoms with Gasteiger partial charge in [0.2, 0.25) is 21.4 Å². The molecule has 0 saturated carbocycles. The molecule has 0 aromatic carbocycles. The van der Waals surface area contributed by atoms with Crippen LogP contribution in [0.5, 0.6) is 5.75 Å². The van der Waals surface area contributed by atoms with Gasteiger partial charge in [0.15, 0.2) is 5.75 Å². The van der Waals surface area contributed by atoms with Gasteiger partial charge in [-0.25, -0.2) is 32.9 Å². The van der Waals surface area contributed by atoms with Crippen LogP contribution in [0.2, 0.25) is 0 Å². The van der Waals surface area contributed by atoms with Gasteiger partial charge in [0.1, 0.15) is 11.7 Å². The molecule has 18 nitrogen and oxygen atoms in total. The number of hydrogen-bond donors (Lipinski definition) is 9. The number of nitrogens with two attached hydrogens (primary N) is 1. The predicted molar refractivity (Wildman–Crippen MR) is 116 cm³/mol. The third-order valence-electron chi connectivity index (χ3n) is 3.82. The third-order valence-corrected chi connectivity index (χ3v) is 4.94. The number of sulfonamides is 1. The monoisotopic (exact) mass is 572 g/mol. The Morgan fingerprint density at radius 2 is 1.79 bits per heavy atom. The van der Waals surface area contributed by atoms with E-state index in [1.54, 1.807) is 4.72 Å². The molecule has 0 bridgehead atoms. The molecule has 38 heavy (non-hydrogen) atoms. The third kappa shape index (κ3) is 10.0. The lowest BCUT2D eigenvalue weighted by molar-refractivity contribution is -0.192. The fourth-order valence-electron chi connectivity index (χ4n) is 2.01. The summed E-state index contributed by atoms with van der Waals surface area (Å²) >= 11 is 0. The van der Waals surface area contributed by atoms with Crippen LogP contribution in [-0.4, -0.2) is 82.9 Å². The Balaban J connectivity index is 0.000000905.